The summed E-state index contributed by atoms with van der Waals surface area (Å²) in [6, 6.07) is 33.6. The molecule has 0 saturated heterocycles. The lowest BCUT2D eigenvalue weighted by Gasteiger charge is -2.13. The second-order valence-corrected chi connectivity index (χ2v) is 8.19. The molecule has 192 valence electrons. The number of nitrogens with one attached hydrogen (secondary N) is 3. The van der Waals surface area contributed by atoms with Crippen molar-refractivity contribution in [1.82, 2.24) is 10.9 Å². The zero-order chi connectivity index (χ0) is 27.1. The van der Waals surface area contributed by atoms with Crippen LogP contribution in [0.25, 0.3) is 12.2 Å². The second-order valence-electron chi connectivity index (χ2n) is 8.19. The normalized spacial score (nSPS) is 11.4. The maximum absolute atomic E-state index is 12.8. The van der Waals surface area contributed by atoms with Gasteiger partial charge in [-0.15, -0.1) is 0 Å². The number of benzene rings is 4. The van der Waals surface area contributed by atoms with Gasteiger partial charge in [-0.25, -0.2) is 10.9 Å². The minimum Gasteiger partial charge on any atom is -0.354 e. The van der Waals surface area contributed by atoms with Gasteiger partial charge in [-0.3, -0.25) is 9.59 Å². The first-order valence-electron chi connectivity index (χ1n) is 12.3. The Morgan fingerprint density at radius 3 is 1.33 bits per heavy atom. The van der Waals surface area contributed by atoms with E-state index in [-0.39, 0.29) is 11.8 Å². The Bertz CT molecular complexity index is 1400. The van der Waals surface area contributed by atoms with Crippen LogP contribution < -0.4 is 16.2 Å². The number of hydrogen-bond acceptors (Lipinski definition) is 5. The smallest absolute Gasteiger partial charge is 0.273 e. The van der Waals surface area contributed by atoms with Crippen molar-refractivity contribution >= 4 is 47.8 Å². The van der Waals surface area contributed by atoms with Gasteiger partial charge in [0.2, 0.25) is 0 Å². The molecule has 4 aromatic rings. The Morgan fingerprint density at radius 1 is 0.513 bits per heavy atom. The van der Waals surface area contributed by atoms with E-state index in [2.05, 4.69) is 26.4 Å². The van der Waals surface area contributed by atoms with Crippen molar-refractivity contribution in [3.63, 3.8) is 0 Å². The molecule has 0 atom stereocenters. The summed E-state index contributed by atoms with van der Waals surface area (Å²) >= 11 is 0. The van der Waals surface area contributed by atoms with Crippen molar-refractivity contribution in [3.8, 4) is 0 Å². The molecule has 0 aliphatic rings. The van der Waals surface area contributed by atoms with E-state index in [1.165, 1.54) is 12.4 Å². The van der Waals surface area contributed by atoms with Crippen LogP contribution in [0.15, 0.2) is 132 Å². The highest BCUT2D eigenvalue weighted by molar-refractivity contribution is 6.03. The van der Waals surface area contributed by atoms with E-state index in [1.54, 1.807) is 60.7 Å². The van der Waals surface area contributed by atoms with E-state index < -0.39 is 0 Å². The average Bonchev–Trinajstić information content (AvgIpc) is 2.98. The van der Waals surface area contributed by atoms with E-state index in [0.29, 0.717) is 22.5 Å². The largest absolute Gasteiger partial charge is 0.354 e. The summed E-state index contributed by atoms with van der Waals surface area (Å²) in [5.41, 5.74) is 8.94. The number of allylic oxidation sites excluding steroid dienone is 2. The van der Waals surface area contributed by atoms with Crippen molar-refractivity contribution in [1.29, 1.82) is 0 Å². The number of amides is 2. The zero-order valence-corrected chi connectivity index (χ0v) is 21.1. The lowest BCUT2D eigenvalue weighted by molar-refractivity contribution is 0.0948. The molecule has 39 heavy (non-hydrogen) atoms. The minimum absolute atomic E-state index is 0.376. The number of para-hydroxylation sites is 2. The molecule has 0 unspecified atom stereocenters. The van der Waals surface area contributed by atoms with Gasteiger partial charge in [0.05, 0.1) is 22.5 Å². The molecule has 7 heteroatoms. The molecule has 0 aromatic heterocycles. The molecule has 0 radical (unpaired) electrons. The number of rotatable bonds is 10. The van der Waals surface area contributed by atoms with Gasteiger partial charge in [-0.1, -0.05) is 97.1 Å². The molecule has 0 fully saturated rings. The maximum Gasteiger partial charge on any atom is 0.273 e. The zero-order valence-electron chi connectivity index (χ0n) is 21.1. The number of hydrogen-bond donors (Lipinski definition) is 3. The summed E-state index contributed by atoms with van der Waals surface area (Å²) in [5, 5.41) is 11.2. The van der Waals surface area contributed by atoms with Crippen LogP contribution in [0.4, 0.5) is 11.4 Å². The fraction of sp³-hybridized carbons (Fsp3) is 0. The van der Waals surface area contributed by atoms with Crippen LogP contribution in [0.1, 0.15) is 31.8 Å². The van der Waals surface area contributed by atoms with E-state index in [1.807, 2.05) is 72.8 Å². The van der Waals surface area contributed by atoms with Gasteiger partial charge in [0.1, 0.15) is 0 Å². The van der Waals surface area contributed by atoms with Crippen molar-refractivity contribution in [2.45, 2.75) is 0 Å². The topological polar surface area (TPSA) is 95.0 Å². The average molecular weight is 514 g/mol. The van der Waals surface area contributed by atoms with Gasteiger partial charge in [0.15, 0.2) is 0 Å². The minimum atomic E-state index is -0.390. The molecule has 0 saturated carbocycles. The fourth-order valence-electron chi connectivity index (χ4n) is 3.56. The molecular formula is C32H27N5O2. The maximum atomic E-state index is 12.8. The molecule has 0 spiro atoms. The summed E-state index contributed by atoms with van der Waals surface area (Å²) in [7, 11) is 0. The van der Waals surface area contributed by atoms with Crippen molar-refractivity contribution in [3.05, 3.63) is 144 Å². The summed E-state index contributed by atoms with van der Waals surface area (Å²) in [6.07, 6.45) is 10.3. The van der Waals surface area contributed by atoms with E-state index >= 15 is 0 Å². The first-order valence-corrected chi connectivity index (χ1v) is 12.3. The quantitative estimate of drug-likeness (QED) is 0.172. The third kappa shape index (κ3) is 8.23. The van der Waals surface area contributed by atoms with Crippen molar-refractivity contribution in [2.75, 3.05) is 5.32 Å². The third-order valence-corrected chi connectivity index (χ3v) is 5.44. The van der Waals surface area contributed by atoms with Gasteiger partial charge in [0, 0.05) is 12.4 Å². The SMILES string of the molecule is O=C(N/N=C/C=C/c1ccccc1)c1ccccc1Nc1ccccc1C(=O)N/N=C/C=C/c1ccccc1. The van der Waals surface area contributed by atoms with Crippen LogP contribution in [0, 0.1) is 0 Å². The number of hydrazone groups is 2. The number of carbonyl (C=O) groups is 2. The lowest BCUT2D eigenvalue weighted by atomic mass is 10.1. The number of nitrogens with zero attached hydrogens (tertiary/aromatic N) is 2. The Kier molecular flexibility index (Phi) is 9.68. The summed E-state index contributed by atoms with van der Waals surface area (Å²) in [6.45, 7) is 0. The van der Waals surface area contributed by atoms with Crippen molar-refractivity contribution < 1.29 is 9.59 Å². The Hall–Kier alpha value is -5.56. The molecule has 0 aliphatic carbocycles. The molecule has 0 heterocycles. The van der Waals surface area contributed by atoms with Gasteiger partial charge < -0.3 is 5.32 Å². The standard InChI is InChI=1S/C32H27N5O2/c38-31(36-33-23-11-17-25-13-3-1-4-14-25)27-19-7-9-21-29(27)35-30-22-10-8-20-28(30)32(39)37-34-24-12-18-26-15-5-2-6-16-26/h1-24,35H,(H,36,38)(H,37,39)/b17-11+,18-12+,33-23+,34-24+. The molecule has 4 aromatic carbocycles. The highest BCUT2D eigenvalue weighted by Gasteiger charge is 2.14. The van der Waals surface area contributed by atoms with Gasteiger partial charge >= 0.3 is 0 Å². The van der Waals surface area contributed by atoms with Crippen LogP contribution in [0.3, 0.4) is 0 Å². The molecule has 2 amide bonds. The Morgan fingerprint density at radius 2 is 0.897 bits per heavy atom. The predicted octanol–water partition coefficient (Wildman–Crippen LogP) is 6.29. The Balaban J connectivity index is 1.39. The van der Waals surface area contributed by atoms with Gasteiger partial charge in [-0.05, 0) is 47.5 Å². The third-order valence-electron chi connectivity index (χ3n) is 5.44. The van der Waals surface area contributed by atoms with Crippen molar-refractivity contribution in [2.24, 2.45) is 10.2 Å². The van der Waals surface area contributed by atoms with Crippen LogP contribution >= 0.6 is 0 Å². The molecule has 0 aliphatic heterocycles. The van der Waals surface area contributed by atoms with Crippen LogP contribution in [-0.4, -0.2) is 24.2 Å². The first kappa shape index (κ1) is 26.5. The first-order chi connectivity index (χ1) is 19.2. The molecule has 0 bridgehead atoms. The molecule has 4 rings (SSSR count). The van der Waals surface area contributed by atoms with Crippen LogP contribution in [0.2, 0.25) is 0 Å². The highest BCUT2D eigenvalue weighted by Crippen LogP contribution is 2.24. The van der Waals surface area contributed by atoms with Crippen LogP contribution in [0.5, 0.6) is 0 Å². The molecular weight excluding hydrogens is 486 g/mol. The van der Waals surface area contributed by atoms with Gasteiger partial charge in [-0.2, -0.15) is 10.2 Å². The Labute approximate surface area is 227 Å². The predicted molar refractivity (Wildman–Crippen MR) is 159 cm³/mol. The summed E-state index contributed by atoms with van der Waals surface area (Å²) in [5.74, 6) is -0.779. The lowest BCUT2D eigenvalue weighted by Crippen LogP contribution is -2.20. The molecule has 3 N–H and O–H groups in total. The van der Waals surface area contributed by atoms with Gasteiger partial charge in [0.25, 0.3) is 11.8 Å². The fourth-order valence-corrected chi connectivity index (χ4v) is 3.56. The van der Waals surface area contributed by atoms with E-state index in [4.69, 9.17) is 0 Å². The number of carbonyl (C=O) groups excluding carboxylic acids is 2. The highest BCUT2D eigenvalue weighted by atomic mass is 16.2. The molecule has 7 nitrogen and oxygen atoms in total. The van der Waals surface area contributed by atoms with E-state index in [0.717, 1.165) is 11.1 Å². The second kappa shape index (κ2) is 14.2. The number of anilines is 2. The summed E-state index contributed by atoms with van der Waals surface area (Å²) < 4.78 is 0. The van der Waals surface area contributed by atoms with E-state index in [9.17, 15) is 9.59 Å². The summed E-state index contributed by atoms with van der Waals surface area (Å²) in [4.78, 5) is 25.6. The van der Waals surface area contributed by atoms with Crippen LogP contribution in [-0.2, 0) is 0 Å². The monoisotopic (exact) mass is 513 g/mol.